The van der Waals surface area contributed by atoms with Crippen molar-refractivity contribution in [3.05, 3.63) is 146 Å². The van der Waals surface area contributed by atoms with E-state index >= 15 is 0 Å². The fourth-order valence-electron chi connectivity index (χ4n) is 5.04. The fourth-order valence-corrected chi connectivity index (χ4v) is 5.04. The van der Waals surface area contributed by atoms with Crippen LogP contribution in [0.5, 0.6) is 0 Å². The lowest BCUT2D eigenvalue weighted by atomic mass is 9.97. The van der Waals surface area contributed by atoms with Gasteiger partial charge in [-0.1, -0.05) is 72.6 Å². The summed E-state index contributed by atoms with van der Waals surface area (Å²) in [5.74, 6) is 0.771. The average molecular weight is 570 g/mol. The van der Waals surface area contributed by atoms with E-state index in [0.29, 0.717) is 29.5 Å². The Bertz CT molecular complexity index is 2720. The fraction of sp³-hybridized carbons (Fsp3) is 0.0541. The van der Waals surface area contributed by atoms with Gasteiger partial charge in [0.25, 0.3) is 0 Å². The summed E-state index contributed by atoms with van der Waals surface area (Å²) in [6.45, 7) is 0. The van der Waals surface area contributed by atoms with Crippen LogP contribution in [0.2, 0.25) is 0 Å². The molecule has 7 aromatic rings. The first kappa shape index (κ1) is 16.0. The normalized spacial score (nSPS) is 18.3. The second-order valence-corrected chi connectivity index (χ2v) is 9.70. The van der Waals surface area contributed by atoms with Gasteiger partial charge < -0.3 is 13.7 Å². The Hall–Kier alpha value is -5.75. The maximum absolute atomic E-state index is 9.46. The first-order chi connectivity index (χ1) is 25.9. The van der Waals surface area contributed by atoms with Crippen LogP contribution in [-0.2, 0) is 0 Å². The van der Waals surface area contributed by atoms with E-state index in [1.807, 2.05) is 35.3 Å². The van der Waals surface area contributed by atoms with Crippen molar-refractivity contribution in [3.63, 3.8) is 0 Å². The highest BCUT2D eigenvalue weighted by Gasteiger charge is 2.22. The highest BCUT2D eigenvalue weighted by Crippen LogP contribution is 2.36. The van der Waals surface area contributed by atoms with Gasteiger partial charge in [-0.3, -0.25) is 0 Å². The number of aromatic nitrogens is 3. The van der Waals surface area contributed by atoms with Crippen LogP contribution in [0.4, 0.5) is 11.4 Å². The number of benzene rings is 5. The predicted octanol–water partition coefficient (Wildman–Crippen LogP) is 9.25. The molecule has 0 bridgehead atoms. The van der Waals surface area contributed by atoms with Crippen molar-refractivity contribution >= 4 is 38.5 Å². The van der Waals surface area contributed by atoms with Crippen LogP contribution in [0.3, 0.4) is 0 Å². The quantitative estimate of drug-likeness (QED) is 0.199. The van der Waals surface area contributed by atoms with E-state index in [4.69, 9.17) is 19.8 Å². The summed E-state index contributed by atoms with van der Waals surface area (Å²) in [4.78, 5) is 6.09. The highest BCUT2D eigenvalue weighted by atomic mass is 16.4. The molecule has 1 unspecified atom stereocenters. The molecule has 0 aliphatic heterocycles. The third-order valence-electron chi connectivity index (χ3n) is 7.10. The van der Waals surface area contributed by atoms with Crippen LogP contribution in [0.1, 0.15) is 27.4 Å². The molecule has 2 aromatic heterocycles. The van der Waals surface area contributed by atoms with Crippen LogP contribution in [0, 0.1) is 0 Å². The van der Waals surface area contributed by atoms with E-state index in [2.05, 4.69) is 15.2 Å². The summed E-state index contributed by atoms with van der Waals surface area (Å²) in [5, 5.41) is 7.04. The lowest BCUT2D eigenvalue weighted by Gasteiger charge is -2.33. The molecule has 6 heteroatoms. The largest absolute Gasteiger partial charge is 0.445 e. The van der Waals surface area contributed by atoms with Gasteiger partial charge >= 0.3 is 0 Å². The topological polar surface area (TPSA) is 68.2 Å². The zero-order chi connectivity index (χ0) is 38.2. The Morgan fingerprint density at radius 2 is 1.53 bits per heavy atom. The van der Waals surface area contributed by atoms with Crippen molar-refractivity contribution < 1.29 is 23.9 Å². The standard InChI is InChI=1S/C37H26N4O2/c1-2-4-28-21-29(6-5-25(28)3-1)30-7-8-32-23-35(18-13-31(32)22-30)41(33-14-9-26(10-15-33)36-38-19-20-42-36)34-16-11-27(12-17-34)37-40-39-24-43-37/h1-14,16-24,33H,15H2/i1D,2D,3D,4D,5D,6D,8D,13D,21D,22D,23D. The Labute approximate surface area is 263 Å². The molecule has 6 nitrogen and oxygen atoms in total. The van der Waals surface area contributed by atoms with Crippen LogP contribution >= 0.6 is 0 Å². The maximum atomic E-state index is 9.46. The van der Waals surface area contributed by atoms with Crippen LogP contribution < -0.4 is 4.90 Å². The Balaban J connectivity index is 1.31. The Morgan fingerprint density at radius 3 is 2.33 bits per heavy atom. The predicted molar refractivity (Wildman–Crippen MR) is 171 cm³/mol. The maximum Gasteiger partial charge on any atom is 0.247 e. The third kappa shape index (κ3) is 4.79. The van der Waals surface area contributed by atoms with E-state index < -0.39 is 42.3 Å². The monoisotopic (exact) mass is 569 g/mol. The van der Waals surface area contributed by atoms with E-state index in [9.17, 15) is 4.11 Å². The van der Waals surface area contributed by atoms with E-state index in [1.165, 1.54) is 24.8 Å². The first-order valence-electron chi connectivity index (χ1n) is 18.9. The molecule has 5 aromatic carbocycles. The molecule has 1 atom stereocenters. The third-order valence-corrected chi connectivity index (χ3v) is 7.10. The van der Waals surface area contributed by atoms with E-state index in [0.717, 1.165) is 5.57 Å². The number of anilines is 2. The second-order valence-electron chi connectivity index (χ2n) is 9.70. The van der Waals surface area contributed by atoms with Gasteiger partial charge in [0.1, 0.15) is 6.26 Å². The van der Waals surface area contributed by atoms with Gasteiger partial charge in [-0.2, -0.15) is 0 Å². The number of nitrogens with zero attached hydrogens (tertiary/aromatic N) is 4. The molecule has 1 aliphatic rings. The molecular formula is C37H26N4O2. The molecule has 206 valence electrons. The molecule has 0 spiro atoms. The van der Waals surface area contributed by atoms with Gasteiger partial charge in [-0.15, -0.1) is 10.2 Å². The van der Waals surface area contributed by atoms with Crippen LogP contribution in [-0.4, -0.2) is 21.2 Å². The van der Waals surface area contributed by atoms with Crippen LogP contribution in [0.15, 0.2) is 149 Å². The van der Waals surface area contributed by atoms with Gasteiger partial charge in [0.15, 0.2) is 0 Å². The molecule has 0 saturated heterocycles. The van der Waals surface area contributed by atoms with Crippen molar-refractivity contribution in [2.24, 2.45) is 0 Å². The highest BCUT2D eigenvalue weighted by molar-refractivity contribution is 5.93. The SMILES string of the molecule is [2H]c1c([2H])c([2H])c2c([2H])c(-c3cc([2H])c4c([2H])c(N(c5ccc(-c6nnco6)cc5)C5C=CC(c6ncco6)=CC5)cc([2H])c4c3[2H])c([2H])c([2H])c2c1[2H]. The molecule has 2 heterocycles. The van der Waals surface area contributed by atoms with Gasteiger partial charge in [-0.05, 0) is 87.6 Å². The second kappa shape index (κ2) is 10.6. The molecule has 0 saturated carbocycles. The summed E-state index contributed by atoms with van der Waals surface area (Å²) >= 11 is 0. The van der Waals surface area contributed by atoms with E-state index in [-0.39, 0.29) is 68.6 Å². The Morgan fingerprint density at radius 1 is 0.721 bits per heavy atom. The molecule has 0 radical (unpaired) electrons. The zero-order valence-corrected chi connectivity index (χ0v) is 22.3. The summed E-state index contributed by atoms with van der Waals surface area (Å²) in [5.41, 5.74) is 1.93. The van der Waals surface area contributed by atoms with Gasteiger partial charge in [0.05, 0.1) is 27.3 Å². The summed E-state index contributed by atoms with van der Waals surface area (Å²) in [6, 6.07) is 4.55. The van der Waals surface area contributed by atoms with E-state index in [1.54, 1.807) is 18.3 Å². The molecule has 0 N–H and O–H groups in total. The minimum atomic E-state index is -0.610. The smallest absolute Gasteiger partial charge is 0.247 e. The lowest BCUT2D eigenvalue weighted by Crippen LogP contribution is -2.30. The summed E-state index contributed by atoms with van der Waals surface area (Å²) < 4.78 is 107. The lowest BCUT2D eigenvalue weighted by molar-refractivity contribution is 0.542. The molecule has 8 rings (SSSR count). The number of hydrogen-bond donors (Lipinski definition) is 0. The number of rotatable bonds is 6. The van der Waals surface area contributed by atoms with Crippen molar-refractivity contribution in [2.45, 2.75) is 12.5 Å². The van der Waals surface area contributed by atoms with Gasteiger partial charge in [0, 0.05) is 22.5 Å². The summed E-state index contributed by atoms with van der Waals surface area (Å²) in [6.07, 6.45) is 10.5. The average Bonchev–Trinajstić information content (AvgIpc) is 3.91. The minimum absolute atomic E-state index is 0.0126. The van der Waals surface area contributed by atoms with Gasteiger partial charge in [-0.25, -0.2) is 4.98 Å². The molecule has 43 heavy (non-hydrogen) atoms. The van der Waals surface area contributed by atoms with Crippen molar-refractivity contribution in [1.29, 1.82) is 0 Å². The summed E-state index contributed by atoms with van der Waals surface area (Å²) in [7, 11) is 0. The number of allylic oxidation sites excluding steroid dienone is 2. The number of oxazole rings is 1. The molecule has 0 fully saturated rings. The van der Waals surface area contributed by atoms with Crippen molar-refractivity contribution in [2.75, 3.05) is 4.90 Å². The van der Waals surface area contributed by atoms with Crippen LogP contribution in [0.25, 0.3) is 49.7 Å². The number of hydrogen-bond acceptors (Lipinski definition) is 6. The molecule has 0 amide bonds. The molecule has 1 aliphatic carbocycles. The zero-order valence-electron chi connectivity index (χ0n) is 33.3. The molecular weight excluding hydrogens is 532 g/mol. The Kier molecular flexibility index (Phi) is 3.95. The van der Waals surface area contributed by atoms with Crippen molar-refractivity contribution in [3.8, 4) is 22.6 Å². The minimum Gasteiger partial charge on any atom is -0.445 e. The van der Waals surface area contributed by atoms with Crippen molar-refractivity contribution in [1.82, 2.24) is 15.2 Å². The first-order valence-corrected chi connectivity index (χ1v) is 13.4. The number of fused-ring (bicyclic) bond motifs is 2. The van der Waals surface area contributed by atoms with Gasteiger partial charge in [0.2, 0.25) is 18.2 Å².